The van der Waals surface area contributed by atoms with Gasteiger partial charge in [0.1, 0.15) is 6.61 Å². The fraction of sp³-hybridized carbons (Fsp3) is 0.692. The van der Waals surface area contributed by atoms with E-state index >= 15 is 0 Å². The highest BCUT2D eigenvalue weighted by Gasteiger charge is 2.32. The number of ether oxygens (including phenoxy) is 1. The Bertz CT molecular complexity index is 269. The fourth-order valence-corrected chi connectivity index (χ4v) is 2.67. The van der Waals surface area contributed by atoms with Crippen LogP contribution >= 0.6 is 0 Å². The molecule has 0 bridgehead atoms. The topological polar surface area (TPSA) is 9.23 Å². The summed E-state index contributed by atoms with van der Waals surface area (Å²) in [6.07, 6.45) is 10.6. The molecule has 0 aromatic rings. The van der Waals surface area contributed by atoms with E-state index in [1.165, 1.54) is 32.1 Å². The highest BCUT2D eigenvalue weighted by atomic mass is 16.5. The number of rotatable bonds is 2. The van der Waals surface area contributed by atoms with Crippen molar-refractivity contribution in [3.63, 3.8) is 0 Å². The minimum Gasteiger partial charge on any atom is -0.497 e. The first-order valence-corrected chi connectivity index (χ1v) is 5.79. The van der Waals surface area contributed by atoms with Crippen LogP contribution in [0.15, 0.2) is 23.5 Å². The summed E-state index contributed by atoms with van der Waals surface area (Å²) in [5.41, 5.74) is 3.69. The highest BCUT2D eigenvalue weighted by molar-refractivity contribution is 5.31. The Morgan fingerprint density at radius 2 is 2.14 bits per heavy atom. The van der Waals surface area contributed by atoms with Gasteiger partial charge >= 0.3 is 0 Å². The van der Waals surface area contributed by atoms with Gasteiger partial charge in [0, 0.05) is 0 Å². The SMILES string of the molecule is CCC1(CC)CCC2=C(C=COC2)C1. The quantitative estimate of drug-likeness (QED) is 0.646. The van der Waals surface area contributed by atoms with Gasteiger partial charge in [0.15, 0.2) is 0 Å². The molecule has 0 N–H and O–H groups in total. The van der Waals surface area contributed by atoms with Crippen molar-refractivity contribution in [1.29, 1.82) is 0 Å². The van der Waals surface area contributed by atoms with Crippen LogP contribution in [0.25, 0.3) is 0 Å². The van der Waals surface area contributed by atoms with E-state index in [0.717, 1.165) is 6.61 Å². The second kappa shape index (κ2) is 3.80. The summed E-state index contributed by atoms with van der Waals surface area (Å²) < 4.78 is 5.34. The van der Waals surface area contributed by atoms with E-state index in [0.29, 0.717) is 5.41 Å². The molecule has 14 heavy (non-hydrogen) atoms. The Labute approximate surface area is 86.8 Å². The van der Waals surface area contributed by atoms with Gasteiger partial charge in [-0.05, 0) is 41.9 Å². The number of allylic oxidation sites excluding steroid dienone is 2. The van der Waals surface area contributed by atoms with Gasteiger partial charge in [-0.3, -0.25) is 0 Å². The zero-order valence-corrected chi connectivity index (χ0v) is 9.31. The lowest BCUT2D eigenvalue weighted by Crippen LogP contribution is -2.25. The van der Waals surface area contributed by atoms with Gasteiger partial charge in [0.2, 0.25) is 0 Å². The first-order chi connectivity index (χ1) is 6.79. The average Bonchev–Trinajstić information content (AvgIpc) is 2.28. The summed E-state index contributed by atoms with van der Waals surface area (Å²) in [4.78, 5) is 0. The molecular weight excluding hydrogens is 172 g/mol. The maximum absolute atomic E-state index is 5.34. The Hall–Kier alpha value is -0.720. The standard InChI is InChI=1S/C13H20O/c1-3-13(4-2)7-5-12-10-14-8-6-11(12)9-13/h6,8H,3-5,7,9-10H2,1-2H3. The Balaban J connectivity index is 2.19. The number of hydrogen-bond acceptors (Lipinski definition) is 1. The van der Waals surface area contributed by atoms with E-state index in [1.807, 2.05) is 6.26 Å². The Morgan fingerprint density at radius 1 is 1.36 bits per heavy atom. The van der Waals surface area contributed by atoms with Crippen molar-refractivity contribution >= 4 is 0 Å². The van der Waals surface area contributed by atoms with Crippen molar-refractivity contribution in [3.05, 3.63) is 23.5 Å². The Morgan fingerprint density at radius 3 is 2.86 bits per heavy atom. The smallest absolute Gasteiger partial charge is 0.109 e. The van der Waals surface area contributed by atoms with Gasteiger partial charge < -0.3 is 4.74 Å². The van der Waals surface area contributed by atoms with Gasteiger partial charge in [-0.1, -0.05) is 26.7 Å². The van der Waals surface area contributed by atoms with E-state index in [-0.39, 0.29) is 0 Å². The van der Waals surface area contributed by atoms with Gasteiger partial charge in [-0.2, -0.15) is 0 Å². The lowest BCUT2D eigenvalue weighted by molar-refractivity contribution is 0.202. The minimum absolute atomic E-state index is 0.584. The average molecular weight is 192 g/mol. The van der Waals surface area contributed by atoms with Crippen LogP contribution in [0.2, 0.25) is 0 Å². The van der Waals surface area contributed by atoms with E-state index in [2.05, 4.69) is 19.9 Å². The zero-order valence-electron chi connectivity index (χ0n) is 9.31. The second-order valence-corrected chi connectivity index (χ2v) is 4.63. The third kappa shape index (κ3) is 1.60. The van der Waals surface area contributed by atoms with E-state index in [9.17, 15) is 0 Å². The van der Waals surface area contributed by atoms with Crippen LogP contribution in [-0.4, -0.2) is 6.61 Å². The monoisotopic (exact) mass is 192 g/mol. The van der Waals surface area contributed by atoms with E-state index in [4.69, 9.17) is 4.74 Å². The summed E-state index contributed by atoms with van der Waals surface area (Å²) in [5, 5.41) is 0. The molecule has 1 heteroatoms. The molecule has 1 aliphatic carbocycles. The molecule has 2 aliphatic rings. The predicted octanol–water partition coefficient (Wildman–Crippen LogP) is 3.82. The Kier molecular flexibility index (Phi) is 2.66. The molecule has 78 valence electrons. The summed E-state index contributed by atoms with van der Waals surface area (Å²) in [6, 6.07) is 0. The lowest BCUT2D eigenvalue weighted by Gasteiger charge is -2.38. The first kappa shape index (κ1) is 9.82. The van der Waals surface area contributed by atoms with Gasteiger partial charge in [-0.25, -0.2) is 0 Å². The summed E-state index contributed by atoms with van der Waals surface area (Å²) in [7, 11) is 0. The fourth-order valence-electron chi connectivity index (χ4n) is 2.67. The summed E-state index contributed by atoms with van der Waals surface area (Å²) in [6.45, 7) is 5.51. The van der Waals surface area contributed by atoms with Crippen molar-refractivity contribution < 1.29 is 4.74 Å². The van der Waals surface area contributed by atoms with Crippen molar-refractivity contribution in [1.82, 2.24) is 0 Å². The van der Waals surface area contributed by atoms with Gasteiger partial charge in [0.25, 0.3) is 0 Å². The third-order valence-corrected chi connectivity index (χ3v) is 4.10. The molecule has 0 saturated heterocycles. The molecule has 0 amide bonds. The van der Waals surface area contributed by atoms with Crippen LogP contribution in [0.4, 0.5) is 0 Å². The van der Waals surface area contributed by atoms with Crippen LogP contribution in [0.5, 0.6) is 0 Å². The van der Waals surface area contributed by atoms with Crippen LogP contribution < -0.4 is 0 Å². The molecular formula is C13H20O. The van der Waals surface area contributed by atoms with Crippen LogP contribution in [0, 0.1) is 5.41 Å². The predicted molar refractivity (Wildman–Crippen MR) is 59.0 cm³/mol. The molecule has 0 atom stereocenters. The van der Waals surface area contributed by atoms with Crippen molar-refractivity contribution in [2.45, 2.75) is 46.0 Å². The molecule has 1 heterocycles. The summed E-state index contributed by atoms with van der Waals surface area (Å²) in [5.74, 6) is 0. The van der Waals surface area contributed by atoms with Crippen molar-refractivity contribution in [2.24, 2.45) is 5.41 Å². The molecule has 0 fully saturated rings. The molecule has 0 spiro atoms. The van der Waals surface area contributed by atoms with Gasteiger partial charge in [-0.15, -0.1) is 0 Å². The normalized spacial score (nSPS) is 24.4. The van der Waals surface area contributed by atoms with Crippen LogP contribution in [0.1, 0.15) is 46.0 Å². The molecule has 1 aliphatic heterocycles. The van der Waals surface area contributed by atoms with Gasteiger partial charge in [0.05, 0.1) is 6.26 Å². The second-order valence-electron chi connectivity index (χ2n) is 4.63. The lowest BCUT2D eigenvalue weighted by atomic mass is 9.68. The van der Waals surface area contributed by atoms with Crippen LogP contribution in [0.3, 0.4) is 0 Å². The number of hydrogen-bond donors (Lipinski definition) is 0. The molecule has 0 saturated carbocycles. The first-order valence-electron chi connectivity index (χ1n) is 5.79. The highest BCUT2D eigenvalue weighted by Crippen LogP contribution is 2.45. The molecule has 0 aromatic carbocycles. The van der Waals surface area contributed by atoms with Crippen molar-refractivity contribution in [3.8, 4) is 0 Å². The molecule has 2 rings (SSSR count). The van der Waals surface area contributed by atoms with E-state index in [1.54, 1.807) is 11.1 Å². The molecule has 0 aromatic heterocycles. The maximum Gasteiger partial charge on any atom is 0.109 e. The molecule has 1 nitrogen and oxygen atoms in total. The third-order valence-electron chi connectivity index (χ3n) is 4.10. The largest absolute Gasteiger partial charge is 0.497 e. The summed E-state index contributed by atoms with van der Waals surface area (Å²) >= 11 is 0. The minimum atomic E-state index is 0.584. The van der Waals surface area contributed by atoms with Crippen molar-refractivity contribution in [2.75, 3.05) is 6.61 Å². The van der Waals surface area contributed by atoms with Crippen LogP contribution in [-0.2, 0) is 4.74 Å². The van der Waals surface area contributed by atoms with E-state index < -0.39 is 0 Å². The molecule has 0 radical (unpaired) electrons. The zero-order chi connectivity index (χ0) is 10.0. The molecule has 0 unspecified atom stereocenters. The maximum atomic E-state index is 5.34.